The zero-order valence-electron chi connectivity index (χ0n) is 12.7. The van der Waals surface area contributed by atoms with E-state index < -0.39 is 0 Å². The van der Waals surface area contributed by atoms with Crippen molar-refractivity contribution in [3.05, 3.63) is 59.5 Å². The lowest BCUT2D eigenvalue weighted by Crippen LogP contribution is -2.25. The number of furan rings is 1. The maximum Gasteiger partial charge on any atom is 0.254 e. The zero-order chi connectivity index (χ0) is 15.8. The molecule has 2 rings (SSSR count). The monoisotopic (exact) mass is 302 g/mol. The Morgan fingerprint density at radius 1 is 1.36 bits per heavy atom. The summed E-state index contributed by atoms with van der Waals surface area (Å²) in [4.78, 5) is 11.8. The van der Waals surface area contributed by atoms with Gasteiger partial charge in [0.25, 0.3) is 5.91 Å². The van der Waals surface area contributed by atoms with Crippen LogP contribution in [-0.2, 0) is 11.3 Å². The molecule has 22 heavy (non-hydrogen) atoms. The van der Waals surface area contributed by atoms with E-state index in [1.54, 1.807) is 6.07 Å². The quantitative estimate of drug-likeness (QED) is 0.735. The Morgan fingerprint density at radius 3 is 2.82 bits per heavy atom. The Morgan fingerprint density at radius 2 is 2.14 bits per heavy atom. The predicted molar refractivity (Wildman–Crippen MR) is 84.4 cm³/mol. The van der Waals surface area contributed by atoms with E-state index in [9.17, 15) is 4.79 Å². The first-order chi connectivity index (χ1) is 10.7. The first-order valence-electron chi connectivity index (χ1n) is 7.43. The van der Waals surface area contributed by atoms with Crippen LogP contribution in [0.5, 0.6) is 0 Å². The van der Waals surface area contributed by atoms with Crippen molar-refractivity contribution in [3.8, 4) is 0 Å². The molecule has 1 heterocycles. The summed E-state index contributed by atoms with van der Waals surface area (Å²) in [6.07, 6.45) is 2.23. The second-order valence-electron chi connectivity index (χ2n) is 5.04. The van der Waals surface area contributed by atoms with Gasteiger partial charge < -0.3 is 20.2 Å². The van der Waals surface area contributed by atoms with E-state index in [4.69, 9.17) is 14.9 Å². The largest absolute Gasteiger partial charge is 0.467 e. The second kappa shape index (κ2) is 8.36. The third kappa shape index (κ3) is 4.72. The van der Waals surface area contributed by atoms with Gasteiger partial charge in [-0.2, -0.15) is 0 Å². The molecule has 1 amide bonds. The molecule has 0 spiro atoms. The van der Waals surface area contributed by atoms with Gasteiger partial charge in [0.05, 0.1) is 18.2 Å². The van der Waals surface area contributed by atoms with Crippen molar-refractivity contribution in [1.29, 1.82) is 0 Å². The van der Waals surface area contributed by atoms with Crippen LogP contribution in [0.3, 0.4) is 0 Å². The van der Waals surface area contributed by atoms with Gasteiger partial charge in [0.15, 0.2) is 0 Å². The Labute approximate surface area is 130 Å². The number of hydrogen-bond donors (Lipinski definition) is 2. The van der Waals surface area contributed by atoms with Crippen LogP contribution in [0, 0.1) is 0 Å². The molecule has 2 aromatic rings. The van der Waals surface area contributed by atoms with E-state index in [0.717, 1.165) is 12.0 Å². The van der Waals surface area contributed by atoms with Crippen LogP contribution in [0.15, 0.2) is 47.1 Å². The molecule has 1 atom stereocenters. The molecule has 1 aromatic carbocycles. The van der Waals surface area contributed by atoms with E-state index in [-0.39, 0.29) is 12.0 Å². The SMILES string of the molecule is CC(OCCCNC(=O)c1coc(CN)c1)c1ccccc1. The normalized spacial score (nSPS) is 12.1. The summed E-state index contributed by atoms with van der Waals surface area (Å²) >= 11 is 0. The first-order valence-corrected chi connectivity index (χ1v) is 7.43. The summed E-state index contributed by atoms with van der Waals surface area (Å²) in [5.74, 6) is 0.449. The molecule has 0 bridgehead atoms. The summed E-state index contributed by atoms with van der Waals surface area (Å²) in [5, 5.41) is 2.83. The molecule has 0 fully saturated rings. The highest BCUT2D eigenvalue weighted by Crippen LogP contribution is 2.15. The molecule has 3 N–H and O–H groups in total. The lowest BCUT2D eigenvalue weighted by molar-refractivity contribution is 0.0635. The van der Waals surface area contributed by atoms with Crippen molar-refractivity contribution in [2.45, 2.75) is 26.0 Å². The molecule has 0 aliphatic heterocycles. The first kappa shape index (κ1) is 16.3. The fraction of sp³-hybridized carbons (Fsp3) is 0.353. The van der Waals surface area contributed by atoms with E-state index >= 15 is 0 Å². The van der Waals surface area contributed by atoms with Crippen molar-refractivity contribution in [1.82, 2.24) is 5.32 Å². The van der Waals surface area contributed by atoms with Gasteiger partial charge >= 0.3 is 0 Å². The van der Waals surface area contributed by atoms with Crippen molar-refractivity contribution in [2.24, 2.45) is 5.73 Å². The zero-order valence-corrected chi connectivity index (χ0v) is 12.7. The van der Waals surface area contributed by atoms with Gasteiger partial charge in [-0.25, -0.2) is 0 Å². The van der Waals surface area contributed by atoms with E-state index in [1.165, 1.54) is 6.26 Å². The number of hydrogen-bond acceptors (Lipinski definition) is 4. The van der Waals surface area contributed by atoms with Crippen LogP contribution in [0.25, 0.3) is 0 Å². The number of nitrogens with two attached hydrogens (primary N) is 1. The van der Waals surface area contributed by atoms with Gasteiger partial charge in [0.2, 0.25) is 0 Å². The molecule has 0 aliphatic carbocycles. The number of benzene rings is 1. The molecule has 0 saturated carbocycles. The summed E-state index contributed by atoms with van der Waals surface area (Å²) in [5.41, 5.74) is 7.09. The topological polar surface area (TPSA) is 77.5 Å². The highest BCUT2D eigenvalue weighted by Gasteiger charge is 2.09. The van der Waals surface area contributed by atoms with Crippen LogP contribution in [0.4, 0.5) is 0 Å². The molecule has 118 valence electrons. The Balaban J connectivity index is 1.64. The number of carbonyl (C=O) groups excluding carboxylic acids is 1. The lowest BCUT2D eigenvalue weighted by Gasteiger charge is -2.13. The number of nitrogens with one attached hydrogen (secondary N) is 1. The predicted octanol–water partition coefficient (Wildman–Crippen LogP) is 2.64. The number of carbonyl (C=O) groups is 1. The Bertz CT molecular complexity index is 581. The average Bonchev–Trinajstić information content (AvgIpc) is 3.04. The smallest absolute Gasteiger partial charge is 0.254 e. The van der Waals surface area contributed by atoms with E-state index in [0.29, 0.717) is 31.0 Å². The number of ether oxygens (including phenoxy) is 1. The second-order valence-corrected chi connectivity index (χ2v) is 5.04. The van der Waals surface area contributed by atoms with Crippen LogP contribution < -0.4 is 11.1 Å². The van der Waals surface area contributed by atoms with Crippen molar-refractivity contribution < 1.29 is 13.9 Å². The minimum atomic E-state index is -0.153. The van der Waals surface area contributed by atoms with Crippen molar-refractivity contribution in [2.75, 3.05) is 13.2 Å². The Kier molecular flexibility index (Phi) is 6.18. The van der Waals surface area contributed by atoms with Crippen LogP contribution in [0.1, 0.15) is 41.1 Å². The summed E-state index contributed by atoms with van der Waals surface area (Å²) in [6.45, 7) is 3.46. The van der Waals surface area contributed by atoms with Gasteiger partial charge in [0.1, 0.15) is 12.0 Å². The molecule has 0 aliphatic rings. The molecular weight excluding hydrogens is 280 g/mol. The fourth-order valence-electron chi connectivity index (χ4n) is 2.06. The molecule has 5 heteroatoms. The minimum Gasteiger partial charge on any atom is -0.467 e. The number of amides is 1. The molecule has 5 nitrogen and oxygen atoms in total. The van der Waals surface area contributed by atoms with Crippen molar-refractivity contribution in [3.63, 3.8) is 0 Å². The van der Waals surface area contributed by atoms with Crippen LogP contribution in [0.2, 0.25) is 0 Å². The lowest BCUT2D eigenvalue weighted by atomic mass is 10.1. The standard InChI is InChI=1S/C17H22N2O3/c1-13(14-6-3-2-4-7-14)21-9-5-8-19-17(20)15-10-16(11-18)22-12-15/h2-4,6-7,10,12-13H,5,8-9,11,18H2,1H3,(H,19,20). The van der Waals surface area contributed by atoms with Crippen LogP contribution >= 0.6 is 0 Å². The third-order valence-corrected chi connectivity index (χ3v) is 3.36. The van der Waals surface area contributed by atoms with Gasteiger partial charge in [0, 0.05) is 13.2 Å². The van der Waals surface area contributed by atoms with E-state index in [2.05, 4.69) is 5.32 Å². The van der Waals surface area contributed by atoms with Gasteiger partial charge in [-0.3, -0.25) is 4.79 Å². The maximum atomic E-state index is 11.8. The highest BCUT2D eigenvalue weighted by molar-refractivity contribution is 5.93. The van der Waals surface area contributed by atoms with E-state index in [1.807, 2.05) is 37.3 Å². The van der Waals surface area contributed by atoms with Gasteiger partial charge in [-0.05, 0) is 25.0 Å². The highest BCUT2D eigenvalue weighted by atomic mass is 16.5. The summed E-state index contributed by atoms with van der Waals surface area (Å²) in [6, 6.07) is 11.7. The average molecular weight is 302 g/mol. The van der Waals surface area contributed by atoms with Crippen LogP contribution in [-0.4, -0.2) is 19.1 Å². The molecule has 0 radical (unpaired) electrons. The summed E-state index contributed by atoms with van der Waals surface area (Å²) < 4.78 is 10.9. The molecule has 1 unspecified atom stereocenters. The third-order valence-electron chi connectivity index (χ3n) is 3.36. The Hall–Kier alpha value is -2.11. The summed E-state index contributed by atoms with van der Waals surface area (Å²) in [7, 11) is 0. The number of rotatable bonds is 8. The minimum absolute atomic E-state index is 0.0536. The fourth-order valence-corrected chi connectivity index (χ4v) is 2.06. The van der Waals surface area contributed by atoms with Crippen molar-refractivity contribution >= 4 is 5.91 Å². The van der Waals surface area contributed by atoms with Gasteiger partial charge in [-0.1, -0.05) is 30.3 Å². The molecule has 0 saturated heterocycles. The van der Waals surface area contributed by atoms with Gasteiger partial charge in [-0.15, -0.1) is 0 Å². The maximum absolute atomic E-state index is 11.8. The molecular formula is C17H22N2O3. The molecule has 1 aromatic heterocycles.